The van der Waals surface area contributed by atoms with Crippen LogP contribution in [0.2, 0.25) is 0 Å². The number of anilines is 1. The van der Waals surface area contributed by atoms with Crippen LogP contribution < -0.4 is 10.1 Å². The minimum absolute atomic E-state index is 0.260. The predicted octanol–water partition coefficient (Wildman–Crippen LogP) is 3.68. The van der Waals surface area contributed by atoms with Crippen molar-refractivity contribution in [3.05, 3.63) is 48.8 Å². The molecule has 0 atom stereocenters. The first-order valence-corrected chi connectivity index (χ1v) is 6.16. The summed E-state index contributed by atoms with van der Waals surface area (Å²) in [4.78, 5) is 4.30. The fourth-order valence-electron chi connectivity index (χ4n) is 1.79. The van der Waals surface area contributed by atoms with Crippen molar-refractivity contribution in [2.75, 3.05) is 11.9 Å². The number of aromatic nitrogens is 2. The Labute approximate surface area is 119 Å². The fraction of sp³-hybridized carbons (Fsp3) is 0.214. The molecule has 7 heteroatoms. The number of hydrogen-bond acceptors (Lipinski definition) is 3. The van der Waals surface area contributed by atoms with E-state index in [4.69, 9.17) is 0 Å². The van der Waals surface area contributed by atoms with Crippen LogP contribution in [0.1, 0.15) is 5.69 Å². The highest BCUT2D eigenvalue weighted by atomic mass is 19.4. The highest BCUT2D eigenvalue weighted by Crippen LogP contribution is 2.24. The van der Waals surface area contributed by atoms with Crippen LogP contribution in [0.15, 0.2) is 43.1 Å². The molecule has 2 aromatic rings. The molecule has 4 nitrogen and oxygen atoms in total. The number of alkyl halides is 3. The van der Waals surface area contributed by atoms with Crippen LogP contribution in [0, 0.1) is 6.92 Å². The van der Waals surface area contributed by atoms with E-state index in [2.05, 4.69) is 21.6 Å². The second-order valence-corrected chi connectivity index (χ2v) is 4.29. The average Bonchev–Trinajstić information content (AvgIpc) is 2.76. The topological polar surface area (TPSA) is 39.1 Å². The number of rotatable bonds is 5. The van der Waals surface area contributed by atoms with Gasteiger partial charge in [0.15, 0.2) is 0 Å². The smallest absolute Gasteiger partial charge is 0.406 e. The zero-order valence-corrected chi connectivity index (χ0v) is 11.3. The zero-order valence-electron chi connectivity index (χ0n) is 11.3. The van der Waals surface area contributed by atoms with Gasteiger partial charge in [-0.1, -0.05) is 6.08 Å². The summed E-state index contributed by atoms with van der Waals surface area (Å²) in [7, 11) is 0. The van der Waals surface area contributed by atoms with Gasteiger partial charge in [0.05, 0.1) is 5.69 Å². The van der Waals surface area contributed by atoms with Crippen LogP contribution in [-0.2, 0) is 0 Å². The lowest BCUT2D eigenvalue weighted by atomic mass is 10.3. The first-order valence-electron chi connectivity index (χ1n) is 6.16. The lowest BCUT2D eigenvalue weighted by Crippen LogP contribution is -2.17. The summed E-state index contributed by atoms with van der Waals surface area (Å²) >= 11 is 0. The van der Waals surface area contributed by atoms with E-state index in [1.165, 1.54) is 24.3 Å². The van der Waals surface area contributed by atoms with E-state index < -0.39 is 6.36 Å². The van der Waals surface area contributed by atoms with Gasteiger partial charge < -0.3 is 10.1 Å². The highest BCUT2D eigenvalue weighted by Gasteiger charge is 2.30. The molecular formula is C14H14F3N3O. The zero-order chi connectivity index (χ0) is 15.5. The number of benzene rings is 1. The van der Waals surface area contributed by atoms with Gasteiger partial charge >= 0.3 is 6.36 Å². The Morgan fingerprint density at radius 1 is 1.33 bits per heavy atom. The number of hydrogen-bond donors (Lipinski definition) is 1. The molecule has 0 aliphatic rings. The predicted molar refractivity (Wildman–Crippen MR) is 73.7 cm³/mol. The van der Waals surface area contributed by atoms with Crippen molar-refractivity contribution in [1.82, 2.24) is 9.55 Å². The number of nitrogens with zero attached hydrogens (tertiary/aromatic N) is 2. The third kappa shape index (κ3) is 4.01. The molecule has 0 saturated heterocycles. The molecule has 0 radical (unpaired) electrons. The standard InChI is InChI=1S/C14H14F3N3O/c1-3-8-18-13-19-10(2)9-20(13)11-4-6-12(7-5-11)21-14(15,16)17/h3-7,9H,1,8H2,2H3,(H,18,19). The van der Waals surface area contributed by atoms with E-state index in [9.17, 15) is 13.2 Å². The lowest BCUT2D eigenvalue weighted by Gasteiger charge is -2.11. The molecule has 1 aromatic heterocycles. The Kier molecular flexibility index (Phi) is 4.21. The van der Waals surface area contributed by atoms with E-state index in [0.29, 0.717) is 18.2 Å². The van der Waals surface area contributed by atoms with Crippen LogP contribution in [0.3, 0.4) is 0 Å². The summed E-state index contributed by atoms with van der Waals surface area (Å²) in [5.74, 6) is 0.334. The Bertz CT molecular complexity index is 617. The Morgan fingerprint density at radius 2 is 2.00 bits per heavy atom. The van der Waals surface area contributed by atoms with Crippen LogP contribution in [0.5, 0.6) is 5.75 Å². The number of nitrogens with one attached hydrogen (secondary N) is 1. The van der Waals surface area contributed by atoms with Gasteiger partial charge in [-0.25, -0.2) is 4.98 Å². The molecule has 0 aliphatic heterocycles. The van der Waals surface area contributed by atoms with Crippen molar-refractivity contribution in [3.8, 4) is 11.4 Å². The maximum atomic E-state index is 12.1. The normalized spacial score (nSPS) is 11.2. The Hall–Kier alpha value is -2.44. The molecule has 112 valence electrons. The van der Waals surface area contributed by atoms with Gasteiger partial charge in [-0.05, 0) is 31.2 Å². The molecule has 0 bridgehead atoms. The summed E-state index contributed by atoms with van der Waals surface area (Å²) in [6.45, 7) is 5.97. The minimum Gasteiger partial charge on any atom is -0.406 e. The van der Waals surface area contributed by atoms with E-state index in [1.807, 2.05) is 6.92 Å². The second-order valence-electron chi connectivity index (χ2n) is 4.29. The summed E-state index contributed by atoms with van der Waals surface area (Å²) in [6.07, 6.45) is -1.22. The molecule has 1 aromatic carbocycles. The quantitative estimate of drug-likeness (QED) is 0.856. The van der Waals surface area contributed by atoms with E-state index in [0.717, 1.165) is 5.69 Å². The summed E-state index contributed by atoms with van der Waals surface area (Å²) in [6, 6.07) is 5.58. The number of imidazole rings is 1. The van der Waals surface area contributed by atoms with Crippen molar-refractivity contribution >= 4 is 5.95 Å². The summed E-state index contributed by atoms with van der Waals surface area (Å²) in [5, 5.41) is 3.06. The van der Waals surface area contributed by atoms with E-state index in [1.54, 1.807) is 16.8 Å². The van der Waals surface area contributed by atoms with Gasteiger partial charge in [0.1, 0.15) is 5.75 Å². The third-order valence-electron chi connectivity index (χ3n) is 2.58. The maximum Gasteiger partial charge on any atom is 0.573 e. The molecule has 2 rings (SSSR count). The van der Waals surface area contributed by atoms with Gasteiger partial charge in [-0.3, -0.25) is 4.57 Å². The molecule has 1 heterocycles. The van der Waals surface area contributed by atoms with Gasteiger partial charge in [0, 0.05) is 18.4 Å². The SMILES string of the molecule is C=CCNc1nc(C)cn1-c1ccc(OC(F)(F)F)cc1. The van der Waals surface area contributed by atoms with Crippen LogP contribution in [0.4, 0.5) is 19.1 Å². The molecule has 0 amide bonds. The van der Waals surface area contributed by atoms with Crippen LogP contribution in [-0.4, -0.2) is 22.5 Å². The monoisotopic (exact) mass is 297 g/mol. The van der Waals surface area contributed by atoms with Gasteiger partial charge in [-0.2, -0.15) is 0 Å². The minimum atomic E-state index is -4.69. The second kappa shape index (κ2) is 5.90. The van der Waals surface area contributed by atoms with Crippen molar-refractivity contribution in [2.24, 2.45) is 0 Å². The molecule has 0 fully saturated rings. The molecular weight excluding hydrogens is 283 g/mol. The first kappa shape index (κ1) is 15.0. The summed E-state index contributed by atoms with van der Waals surface area (Å²) in [5.41, 5.74) is 1.47. The van der Waals surface area contributed by atoms with Crippen molar-refractivity contribution in [3.63, 3.8) is 0 Å². The van der Waals surface area contributed by atoms with Crippen molar-refractivity contribution in [2.45, 2.75) is 13.3 Å². The molecule has 1 N–H and O–H groups in total. The van der Waals surface area contributed by atoms with E-state index >= 15 is 0 Å². The van der Waals surface area contributed by atoms with Gasteiger partial charge in [-0.15, -0.1) is 19.8 Å². The highest BCUT2D eigenvalue weighted by molar-refractivity contribution is 5.45. The van der Waals surface area contributed by atoms with Crippen molar-refractivity contribution < 1.29 is 17.9 Å². The van der Waals surface area contributed by atoms with Crippen LogP contribution in [0.25, 0.3) is 5.69 Å². The Morgan fingerprint density at radius 3 is 2.57 bits per heavy atom. The largest absolute Gasteiger partial charge is 0.573 e. The summed E-state index contributed by atoms with van der Waals surface area (Å²) < 4.78 is 41.9. The number of aryl methyl sites for hydroxylation is 1. The molecule has 21 heavy (non-hydrogen) atoms. The van der Waals surface area contributed by atoms with Crippen molar-refractivity contribution in [1.29, 1.82) is 0 Å². The molecule has 0 aliphatic carbocycles. The number of halogens is 3. The molecule has 0 saturated carbocycles. The third-order valence-corrected chi connectivity index (χ3v) is 2.58. The number of ether oxygens (including phenoxy) is 1. The lowest BCUT2D eigenvalue weighted by molar-refractivity contribution is -0.274. The van der Waals surface area contributed by atoms with E-state index in [-0.39, 0.29) is 5.75 Å². The first-order chi connectivity index (χ1) is 9.89. The molecule has 0 spiro atoms. The fourth-order valence-corrected chi connectivity index (χ4v) is 1.79. The average molecular weight is 297 g/mol. The molecule has 0 unspecified atom stereocenters. The van der Waals surface area contributed by atoms with Crippen LogP contribution >= 0.6 is 0 Å². The van der Waals surface area contributed by atoms with Gasteiger partial charge in [0.2, 0.25) is 5.95 Å². The van der Waals surface area contributed by atoms with Gasteiger partial charge in [0.25, 0.3) is 0 Å². The Balaban J connectivity index is 2.24. The maximum absolute atomic E-state index is 12.1.